The van der Waals surface area contributed by atoms with E-state index in [1.165, 1.54) is 72.9 Å². The van der Waals surface area contributed by atoms with Gasteiger partial charge in [0.1, 0.15) is 33.6 Å². The number of carbonyl (C=O) groups is 4. The predicted octanol–water partition coefficient (Wildman–Crippen LogP) is 3.80. The third kappa shape index (κ3) is 18.8. The summed E-state index contributed by atoms with van der Waals surface area (Å²) < 4.78 is 79.0. The molecular weight excluding hydrogens is 946 g/mol. The van der Waals surface area contributed by atoms with Gasteiger partial charge in [-0.3, -0.25) is 33.9 Å². The molecule has 0 saturated carbocycles. The second kappa shape index (κ2) is 25.0. The van der Waals surface area contributed by atoms with E-state index in [2.05, 4.69) is 31.3 Å². The molecule has 27 heteroatoms. The number of carbonyl (C=O) groups excluding carboxylic acids is 1. The van der Waals surface area contributed by atoms with E-state index in [9.17, 15) is 44.7 Å². The monoisotopic (exact) mass is 993 g/mol. The lowest BCUT2D eigenvalue weighted by Gasteiger charge is -2.27. The Labute approximate surface area is 373 Å². The van der Waals surface area contributed by atoms with E-state index in [-0.39, 0.29) is 31.2 Å². The quantitative estimate of drug-likeness (QED) is 0.131. The summed E-state index contributed by atoms with van der Waals surface area (Å²) in [5, 5.41) is 26.4. The fraction of sp³-hybridized carbons (Fsp3) is 0.441. The highest BCUT2D eigenvalue weighted by molar-refractivity contribution is 8.02. The van der Waals surface area contributed by atoms with Gasteiger partial charge in [-0.1, -0.05) is 0 Å². The van der Waals surface area contributed by atoms with E-state index in [1.807, 2.05) is 20.6 Å². The van der Waals surface area contributed by atoms with Crippen molar-refractivity contribution in [1.29, 1.82) is 0 Å². The van der Waals surface area contributed by atoms with Crippen molar-refractivity contribution in [3.63, 3.8) is 0 Å². The second-order valence-corrected chi connectivity index (χ2v) is 23.4. The van der Waals surface area contributed by atoms with Crippen LogP contribution >= 0.6 is 48.0 Å². The van der Waals surface area contributed by atoms with Crippen LogP contribution in [0.2, 0.25) is 0 Å². The number of hydrogen-bond acceptors (Lipinski definition) is 18. The van der Waals surface area contributed by atoms with Crippen LogP contribution in [0.5, 0.6) is 0 Å². The Morgan fingerprint density at radius 2 is 1.30 bits per heavy atom. The average molecular weight is 995 g/mol. The van der Waals surface area contributed by atoms with Crippen molar-refractivity contribution in [3.05, 3.63) is 73.6 Å². The molecule has 342 valence electrons. The van der Waals surface area contributed by atoms with E-state index < -0.39 is 69.7 Å². The zero-order chi connectivity index (χ0) is 47.6. The molecule has 20 nitrogen and oxygen atoms in total. The van der Waals surface area contributed by atoms with Gasteiger partial charge in [0.05, 0.1) is 23.7 Å². The molecule has 0 aromatic carbocycles. The van der Waals surface area contributed by atoms with Crippen molar-refractivity contribution in [2.24, 2.45) is 11.7 Å². The van der Waals surface area contributed by atoms with Crippen molar-refractivity contribution in [3.8, 4) is 0 Å². The van der Waals surface area contributed by atoms with Crippen molar-refractivity contribution in [2.45, 2.75) is 89.0 Å². The summed E-state index contributed by atoms with van der Waals surface area (Å²) in [7, 11) is -11.7. The Morgan fingerprint density at radius 1 is 0.852 bits per heavy atom. The van der Waals surface area contributed by atoms with E-state index >= 15 is 0 Å². The lowest BCUT2D eigenvalue weighted by atomic mass is 9.93. The molecular formula is C34H48ClN5O15S6. The van der Waals surface area contributed by atoms with Gasteiger partial charge in [0.25, 0.3) is 10.1 Å². The molecule has 0 spiro atoms. The second-order valence-electron chi connectivity index (χ2n) is 13.7. The summed E-state index contributed by atoms with van der Waals surface area (Å²) in [6, 6.07) is 6.45. The number of nitrogens with two attached hydrogens (primary N) is 1. The molecule has 0 aliphatic carbocycles. The highest BCUT2D eigenvalue weighted by atomic mass is 35.5. The van der Waals surface area contributed by atoms with Gasteiger partial charge < -0.3 is 25.8 Å². The lowest BCUT2D eigenvalue weighted by Crippen LogP contribution is -2.48. The van der Waals surface area contributed by atoms with E-state index in [1.54, 1.807) is 39.5 Å². The first-order valence-corrected chi connectivity index (χ1v) is 23.9. The average Bonchev–Trinajstić information content (AvgIpc) is 3.74. The molecule has 3 aromatic rings. The minimum Gasteiger partial charge on any atom is -0.481 e. The zero-order valence-corrected chi connectivity index (χ0v) is 39.2. The number of thioether (sulfide) groups is 2. The van der Waals surface area contributed by atoms with Crippen LogP contribution in [-0.4, -0.2) is 127 Å². The molecule has 3 atom stereocenters. The summed E-state index contributed by atoms with van der Waals surface area (Å²) in [5.41, 5.74) is 5.22. The number of halogens is 1. The van der Waals surface area contributed by atoms with Gasteiger partial charge in [0, 0.05) is 51.4 Å². The van der Waals surface area contributed by atoms with Crippen molar-refractivity contribution in [2.75, 3.05) is 11.6 Å². The smallest absolute Gasteiger partial charge is 0.323 e. The van der Waals surface area contributed by atoms with Crippen molar-refractivity contribution in [1.82, 2.24) is 19.3 Å². The summed E-state index contributed by atoms with van der Waals surface area (Å²) in [6.45, 7) is 12.8. The first kappa shape index (κ1) is 57.6. The molecule has 6 N–H and O–H groups in total. The number of pyridine rings is 3. The minimum absolute atomic E-state index is 0.0135. The van der Waals surface area contributed by atoms with Crippen LogP contribution in [-0.2, 0) is 53.2 Å². The van der Waals surface area contributed by atoms with Crippen LogP contribution < -0.4 is 5.73 Å². The summed E-state index contributed by atoms with van der Waals surface area (Å²) in [6.07, 6.45) is 8.63. The van der Waals surface area contributed by atoms with Gasteiger partial charge in [-0.2, -0.15) is 49.3 Å². The fourth-order valence-electron chi connectivity index (χ4n) is 4.64. The highest BCUT2D eigenvalue weighted by Gasteiger charge is 2.51. The Balaban J connectivity index is 0.000000755. The summed E-state index contributed by atoms with van der Waals surface area (Å²) >= 11 is 11.8. The molecule has 61 heavy (non-hydrogen) atoms. The molecule has 0 bridgehead atoms. The Morgan fingerprint density at radius 3 is 1.56 bits per heavy atom. The first-order valence-electron chi connectivity index (χ1n) is 16.9. The molecule has 2 fully saturated rings. The molecule has 5 heterocycles. The van der Waals surface area contributed by atoms with Crippen LogP contribution in [0.15, 0.2) is 88.3 Å². The van der Waals surface area contributed by atoms with E-state index in [4.69, 9.17) is 37.2 Å². The first-order chi connectivity index (χ1) is 27.9. The number of sulfonamides is 1. The van der Waals surface area contributed by atoms with Gasteiger partial charge in [-0.15, -0.1) is 11.8 Å². The Kier molecular flexibility index (Phi) is 23.6. The Hall–Kier alpha value is -3.44. The minimum atomic E-state index is -4.07. The highest BCUT2D eigenvalue weighted by Crippen LogP contribution is 2.43. The number of carboxylic acids is 3. The number of rotatable bonds is 9. The van der Waals surface area contributed by atoms with E-state index in [0.29, 0.717) is 0 Å². The molecule has 0 unspecified atom stereocenters. The maximum Gasteiger partial charge on any atom is 0.323 e. The number of thiol groups is 1. The largest absolute Gasteiger partial charge is 0.481 e. The molecule has 3 aromatic heterocycles. The maximum atomic E-state index is 12.4. The third-order valence-corrected chi connectivity index (χ3v) is 15.4. The lowest BCUT2D eigenvalue weighted by molar-refractivity contribution is -0.143. The van der Waals surface area contributed by atoms with Crippen molar-refractivity contribution >= 4 is 103 Å². The topological polar surface area (TPSA) is 329 Å². The Bertz CT molecular complexity index is 2190. The zero-order valence-electron chi connectivity index (χ0n) is 33.5. The van der Waals surface area contributed by atoms with Gasteiger partial charge in [0.2, 0.25) is 10.0 Å². The number of aromatic nitrogens is 3. The molecule has 2 aliphatic rings. The van der Waals surface area contributed by atoms with Crippen LogP contribution in [0.3, 0.4) is 0 Å². The summed E-state index contributed by atoms with van der Waals surface area (Å²) in [5.74, 6) is -1.82. The van der Waals surface area contributed by atoms with Crippen LogP contribution in [0.4, 0.5) is 0 Å². The van der Waals surface area contributed by atoms with Gasteiger partial charge in [0.15, 0.2) is 0 Å². The number of nitrogens with zero attached hydrogens (tertiary/aromatic N) is 4. The number of carboxylic acid groups (broad SMARTS) is 3. The van der Waals surface area contributed by atoms with Crippen LogP contribution in [0, 0.1) is 5.92 Å². The standard InChI is InChI=1S/C11H14N2O4S2.C7H12O2S.C5H4ClNO3S.C5H5NO3S.C5H11NO2S.CH2O/c1-11(2)9(10(14)15)13(7-18-11)19(16,17)8-4-3-5-12-6-8;1-7(2)5(6(8)9)3-4-10-7;6-10-11(8,9)5-2-1-3-7-4-5;7-10(8,9)5-2-1-3-6-4-5;1-5(2,9)3(6)4(7)8;1-2/h3-6,9H,7H2,1-2H3,(H,14,15);5H,3-4H2,1-2H3,(H,8,9);1-4H;1-4H,(H,7,8,9);3,9H,6H2,1-2H3,(H,7,8);1H2/t9-;5-;;;3-;/m11..1./s1. The van der Waals surface area contributed by atoms with Crippen molar-refractivity contribution < 1.29 is 68.0 Å². The number of aliphatic carboxylic acids is 3. The van der Waals surface area contributed by atoms with Gasteiger partial charge in [-0.25, -0.2) is 8.42 Å². The predicted molar refractivity (Wildman–Crippen MR) is 232 cm³/mol. The molecule has 0 radical (unpaired) electrons. The number of hydrogen-bond donors (Lipinski definition) is 6. The van der Waals surface area contributed by atoms with Gasteiger partial charge >= 0.3 is 28.0 Å². The normalized spacial score (nSPS) is 18.5. The molecule has 5 rings (SSSR count). The molecule has 2 saturated heterocycles. The third-order valence-electron chi connectivity index (χ3n) is 7.97. The molecule has 0 amide bonds. The summed E-state index contributed by atoms with van der Waals surface area (Å²) in [4.78, 5) is 50.8. The van der Waals surface area contributed by atoms with E-state index in [0.717, 1.165) is 28.9 Å². The van der Waals surface area contributed by atoms with Crippen LogP contribution in [0.25, 0.3) is 0 Å². The molecule has 2 aliphatic heterocycles. The van der Waals surface area contributed by atoms with Crippen LogP contribution in [0.1, 0.15) is 48.0 Å². The SMILES string of the molecule is C=O.CC(C)(S)[C@H](N)C(=O)O.CC1(C)SCC[C@@H]1C(=O)O.CC1(C)SCN(S(=O)(=O)c2cccnc2)[C@@H]1C(=O)O.O=S(=O)(O)c1cccnc1.O=S(=O)(OCl)c1cccnc1. The maximum absolute atomic E-state index is 12.4. The fourth-order valence-corrected chi connectivity index (χ4v) is 10.3. The van der Waals surface area contributed by atoms with Gasteiger partial charge in [-0.05, 0) is 90.1 Å².